The van der Waals surface area contributed by atoms with Gasteiger partial charge in [-0.1, -0.05) is 12.1 Å². The second kappa shape index (κ2) is 6.80. The van der Waals surface area contributed by atoms with Crippen LogP contribution in [0.25, 0.3) is 0 Å². The number of aryl methyl sites for hydroxylation is 1. The average molecular weight is 354 g/mol. The Labute approximate surface area is 141 Å². The van der Waals surface area contributed by atoms with Crippen LogP contribution in [0.4, 0.5) is 5.69 Å². The van der Waals surface area contributed by atoms with Gasteiger partial charge in [0.25, 0.3) is 5.91 Å². The summed E-state index contributed by atoms with van der Waals surface area (Å²) in [5.74, 6) is -1.09. The van der Waals surface area contributed by atoms with Crippen molar-refractivity contribution < 1.29 is 22.7 Å². The molecule has 0 aromatic heterocycles. The summed E-state index contributed by atoms with van der Waals surface area (Å²) in [6, 6.07) is 4.61. The highest BCUT2D eigenvalue weighted by Gasteiger charge is 2.35. The van der Waals surface area contributed by atoms with Crippen LogP contribution in [0.5, 0.6) is 0 Å². The molecule has 2 atom stereocenters. The Morgan fingerprint density at radius 1 is 1.38 bits per heavy atom. The van der Waals surface area contributed by atoms with E-state index in [1.165, 1.54) is 24.9 Å². The van der Waals surface area contributed by atoms with E-state index in [0.29, 0.717) is 12.1 Å². The molecular weight excluding hydrogens is 332 g/mol. The number of rotatable bonds is 4. The Morgan fingerprint density at radius 3 is 2.62 bits per heavy atom. The topological polar surface area (TPSA) is 107 Å². The number of nitrogens with two attached hydrogens (primary N) is 1. The van der Waals surface area contributed by atoms with Crippen molar-refractivity contribution in [2.75, 3.05) is 24.3 Å². The van der Waals surface area contributed by atoms with E-state index in [2.05, 4.69) is 0 Å². The van der Waals surface area contributed by atoms with Crippen LogP contribution in [0.3, 0.4) is 0 Å². The van der Waals surface area contributed by atoms with Gasteiger partial charge < -0.3 is 15.4 Å². The summed E-state index contributed by atoms with van der Waals surface area (Å²) in [4.78, 5) is 25.9. The lowest BCUT2D eigenvalue weighted by atomic mass is 10.1. The van der Waals surface area contributed by atoms with E-state index in [9.17, 15) is 18.0 Å². The number of anilines is 1. The minimum absolute atomic E-state index is 0.0548. The monoisotopic (exact) mass is 354 g/mol. The zero-order chi connectivity index (χ0) is 18.1. The summed E-state index contributed by atoms with van der Waals surface area (Å²) in [5, 5.41) is 0. The molecule has 1 fully saturated rings. The number of nitrogens with zero attached hydrogens (tertiary/aromatic N) is 1. The van der Waals surface area contributed by atoms with Crippen LogP contribution in [0.1, 0.15) is 29.3 Å². The summed E-state index contributed by atoms with van der Waals surface area (Å²) >= 11 is 0. The highest BCUT2D eigenvalue weighted by atomic mass is 32.2. The molecular formula is C16H22N2O5S. The molecule has 1 heterocycles. The van der Waals surface area contributed by atoms with Crippen molar-refractivity contribution in [3.05, 3.63) is 29.3 Å². The van der Waals surface area contributed by atoms with E-state index in [1.54, 1.807) is 19.1 Å². The molecule has 1 amide bonds. The van der Waals surface area contributed by atoms with E-state index in [4.69, 9.17) is 10.5 Å². The standard InChI is InChI=1S/C16H22N2O5S/c1-10-5-4-6-13(14(10)17)16(20)23-11(2)15(19)18(3)12-7-8-24(21,22)9-12/h4-6,11-12H,7-9,17H2,1-3H3/t11-,12+/m0/s1. The van der Waals surface area contributed by atoms with Crippen LogP contribution in [-0.2, 0) is 19.4 Å². The Morgan fingerprint density at radius 2 is 2.04 bits per heavy atom. The molecule has 8 heteroatoms. The van der Waals surface area contributed by atoms with Gasteiger partial charge in [-0.05, 0) is 31.9 Å². The van der Waals surface area contributed by atoms with Crippen molar-refractivity contribution >= 4 is 27.4 Å². The number of esters is 1. The molecule has 0 saturated carbocycles. The second-order valence-corrected chi connectivity index (χ2v) is 8.32. The third-order valence-corrected chi connectivity index (χ3v) is 6.03. The van der Waals surface area contributed by atoms with E-state index in [1.807, 2.05) is 0 Å². The highest BCUT2D eigenvalue weighted by molar-refractivity contribution is 7.91. The number of benzene rings is 1. The van der Waals surface area contributed by atoms with Gasteiger partial charge >= 0.3 is 5.97 Å². The molecule has 132 valence electrons. The number of carbonyl (C=O) groups is 2. The molecule has 0 aliphatic carbocycles. The van der Waals surface area contributed by atoms with Gasteiger partial charge in [-0.3, -0.25) is 4.79 Å². The summed E-state index contributed by atoms with van der Waals surface area (Å²) in [5.41, 5.74) is 7.13. The molecule has 1 aromatic carbocycles. The van der Waals surface area contributed by atoms with Crippen LogP contribution in [0, 0.1) is 6.92 Å². The van der Waals surface area contributed by atoms with Crippen LogP contribution in [-0.4, -0.2) is 55.9 Å². The smallest absolute Gasteiger partial charge is 0.341 e. The summed E-state index contributed by atoms with van der Waals surface area (Å²) in [6.45, 7) is 3.24. The first-order valence-corrected chi connectivity index (χ1v) is 9.47. The van der Waals surface area contributed by atoms with Gasteiger partial charge in [0.05, 0.1) is 17.1 Å². The van der Waals surface area contributed by atoms with E-state index >= 15 is 0 Å². The van der Waals surface area contributed by atoms with Gasteiger partial charge in [-0.2, -0.15) is 0 Å². The second-order valence-electron chi connectivity index (χ2n) is 6.09. The number of sulfone groups is 1. The quantitative estimate of drug-likeness (QED) is 0.632. The van der Waals surface area contributed by atoms with Gasteiger partial charge in [-0.15, -0.1) is 0 Å². The van der Waals surface area contributed by atoms with Gasteiger partial charge in [0.2, 0.25) is 0 Å². The fraction of sp³-hybridized carbons (Fsp3) is 0.500. The number of likely N-dealkylation sites (N-methyl/N-ethyl adjacent to an activating group) is 1. The Balaban J connectivity index is 2.03. The normalized spacial score (nSPS) is 20.4. The third kappa shape index (κ3) is 3.87. The first kappa shape index (κ1) is 18.3. The van der Waals surface area contributed by atoms with Crippen LogP contribution in [0.15, 0.2) is 18.2 Å². The largest absolute Gasteiger partial charge is 0.449 e. The lowest BCUT2D eigenvalue weighted by molar-refractivity contribution is -0.140. The van der Waals surface area contributed by atoms with Gasteiger partial charge in [0.1, 0.15) is 0 Å². The van der Waals surface area contributed by atoms with E-state index < -0.39 is 27.8 Å². The predicted molar refractivity (Wildman–Crippen MR) is 90.3 cm³/mol. The van der Waals surface area contributed by atoms with Crippen LogP contribution in [0.2, 0.25) is 0 Å². The summed E-state index contributed by atoms with van der Waals surface area (Å²) in [7, 11) is -1.57. The third-order valence-electron chi connectivity index (χ3n) is 4.28. The Kier molecular flexibility index (Phi) is 5.17. The molecule has 0 spiro atoms. The number of nitrogen functional groups attached to an aromatic ring is 1. The minimum Gasteiger partial charge on any atom is -0.449 e. The van der Waals surface area contributed by atoms with Crippen molar-refractivity contribution in [3.8, 4) is 0 Å². The fourth-order valence-electron chi connectivity index (χ4n) is 2.68. The molecule has 0 radical (unpaired) electrons. The van der Waals surface area contributed by atoms with Crippen molar-refractivity contribution in [1.29, 1.82) is 0 Å². The Bertz CT molecular complexity index is 760. The lowest BCUT2D eigenvalue weighted by Gasteiger charge is -2.26. The SMILES string of the molecule is Cc1cccc(C(=O)O[C@@H](C)C(=O)N(C)[C@@H]2CCS(=O)(=O)C2)c1N. The molecule has 1 aliphatic heterocycles. The average Bonchev–Trinajstić information content (AvgIpc) is 2.88. The van der Waals surface area contributed by atoms with Gasteiger partial charge in [-0.25, -0.2) is 13.2 Å². The zero-order valence-electron chi connectivity index (χ0n) is 14.0. The number of amides is 1. The first-order chi connectivity index (χ1) is 11.1. The maximum absolute atomic E-state index is 12.4. The number of para-hydroxylation sites is 1. The molecule has 1 saturated heterocycles. The zero-order valence-corrected chi connectivity index (χ0v) is 14.8. The first-order valence-electron chi connectivity index (χ1n) is 7.65. The van der Waals surface area contributed by atoms with Crippen molar-refractivity contribution in [2.24, 2.45) is 0 Å². The molecule has 2 N–H and O–H groups in total. The fourth-order valence-corrected chi connectivity index (χ4v) is 4.46. The van der Waals surface area contributed by atoms with Crippen LogP contribution < -0.4 is 5.73 Å². The lowest BCUT2D eigenvalue weighted by Crippen LogP contribution is -2.44. The Hall–Kier alpha value is -2.09. The molecule has 2 rings (SSSR count). The summed E-state index contributed by atoms with van der Waals surface area (Å²) in [6.07, 6.45) is -0.624. The number of ether oxygens (including phenoxy) is 1. The maximum atomic E-state index is 12.4. The summed E-state index contributed by atoms with van der Waals surface area (Å²) < 4.78 is 28.3. The maximum Gasteiger partial charge on any atom is 0.341 e. The highest BCUT2D eigenvalue weighted by Crippen LogP contribution is 2.20. The van der Waals surface area contributed by atoms with E-state index in [0.717, 1.165) is 5.56 Å². The number of hydrogen-bond acceptors (Lipinski definition) is 6. The molecule has 1 aromatic rings. The molecule has 1 aliphatic rings. The van der Waals surface area contributed by atoms with Crippen molar-refractivity contribution in [1.82, 2.24) is 4.90 Å². The number of carbonyl (C=O) groups excluding carboxylic acids is 2. The van der Waals surface area contributed by atoms with Gasteiger partial charge in [0, 0.05) is 18.8 Å². The van der Waals surface area contributed by atoms with Crippen molar-refractivity contribution in [3.63, 3.8) is 0 Å². The number of hydrogen-bond donors (Lipinski definition) is 1. The molecule has 0 bridgehead atoms. The molecule has 7 nitrogen and oxygen atoms in total. The van der Waals surface area contributed by atoms with Gasteiger partial charge in [0.15, 0.2) is 15.9 Å². The molecule has 0 unspecified atom stereocenters. The van der Waals surface area contributed by atoms with Crippen molar-refractivity contribution in [2.45, 2.75) is 32.4 Å². The van der Waals surface area contributed by atoms with Crippen LogP contribution >= 0.6 is 0 Å². The predicted octanol–water partition coefficient (Wildman–Crippen LogP) is 0.768. The van der Waals surface area contributed by atoms with E-state index in [-0.39, 0.29) is 23.1 Å². The molecule has 24 heavy (non-hydrogen) atoms. The minimum atomic E-state index is -3.09.